The van der Waals surface area contributed by atoms with Crippen LogP contribution in [0.25, 0.3) is 0 Å². The lowest BCUT2D eigenvalue weighted by Gasteiger charge is -2.05. The monoisotopic (exact) mass is 305 g/mol. The van der Waals surface area contributed by atoms with Gasteiger partial charge >= 0.3 is 0 Å². The number of benzene rings is 1. The molecule has 2 aromatic rings. The number of carbonyl (C=O) groups is 1. The highest BCUT2D eigenvalue weighted by Gasteiger charge is 2.05. The molecule has 0 atom stereocenters. The van der Waals surface area contributed by atoms with E-state index >= 15 is 0 Å². The Kier molecular flexibility index (Phi) is 4.99. The van der Waals surface area contributed by atoms with Crippen molar-refractivity contribution in [2.45, 2.75) is 18.5 Å². The second kappa shape index (κ2) is 6.94. The van der Waals surface area contributed by atoms with Crippen molar-refractivity contribution in [2.24, 2.45) is 0 Å². The van der Waals surface area contributed by atoms with E-state index in [1.54, 1.807) is 0 Å². The van der Waals surface area contributed by atoms with E-state index in [1.807, 2.05) is 31.2 Å². The van der Waals surface area contributed by atoms with Gasteiger partial charge in [-0.2, -0.15) is 4.98 Å². The number of aryl methyl sites for hydroxylation is 1. The molecular weight excluding hydrogens is 290 g/mol. The molecule has 3 N–H and O–H groups in total. The molecule has 0 unspecified atom stereocenters. The number of thioether (sulfide) groups is 1. The predicted molar refractivity (Wildman–Crippen MR) is 81.7 cm³/mol. The molecule has 1 aromatic carbocycles. The molecule has 1 aromatic heterocycles. The summed E-state index contributed by atoms with van der Waals surface area (Å²) in [5, 5.41) is 12.3. The average Bonchev–Trinajstić information content (AvgIpc) is 2.40. The van der Waals surface area contributed by atoms with Crippen molar-refractivity contribution in [3.05, 3.63) is 46.2 Å². The van der Waals surface area contributed by atoms with Crippen LogP contribution in [0.15, 0.2) is 40.3 Å². The lowest BCUT2D eigenvalue weighted by atomic mass is 10.2. The molecular formula is C14H15N3O3S. The average molecular weight is 305 g/mol. The van der Waals surface area contributed by atoms with Crippen LogP contribution in [0.2, 0.25) is 0 Å². The maximum Gasteiger partial charge on any atom is 0.255 e. The maximum atomic E-state index is 11.8. The molecule has 21 heavy (non-hydrogen) atoms. The molecule has 0 fully saturated rings. The molecule has 6 nitrogen and oxygen atoms in total. The zero-order valence-electron chi connectivity index (χ0n) is 11.4. The Labute approximate surface area is 125 Å². The number of aromatic nitrogens is 2. The first-order valence-electron chi connectivity index (χ1n) is 6.32. The number of H-pyrrole nitrogens is 1. The second-order valence-corrected chi connectivity index (χ2v) is 5.51. The molecule has 110 valence electrons. The fraction of sp³-hybridized carbons (Fsp3) is 0.214. The normalized spacial score (nSPS) is 10.3. The van der Waals surface area contributed by atoms with Gasteiger partial charge in [-0.15, -0.1) is 0 Å². The fourth-order valence-electron chi connectivity index (χ4n) is 1.59. The van der Waals surface area contributed by atoms with Crippen molar-refractivity contribution in [1.29, 1.82) is 0 Å². The number of nitrogens with one attached hydrogen (secondary N) is 2. The number of rotatable bonds is 5. The summed E-state index contributed by atoms with van der Waals surface area (Å²) < 4.78 is 0. The van der Waals surface area contributed by atoms with Gasteiger partial charge in [0.05, 0.1) is 6.07 Å². The number of hydrogen-bond acceptors (Lipinski definition) is 5. The van der Waals surface area contributed by atoms with Gasteiger partial charge in [0.15, 0.2) is 5.16 Å². The van der Waals surface area contributed by atoms with E-state index in [0.717, 1.165) is 17.3 Å². The molecule has 7 heteroatoms. The molecule has 1 heterocycles. The number of nitrogens with zero attached hydrogens (tertiary/aromatic N) is 1. The number of amides is 1. The highest BCUT2D eigenvalue weighted by atomic mass is 32.2. The van der Waals surface area contributed by atoms with Crippen molar-refractivity contribution in [1.82, 2.24) is 9.97 Å². The summed E-state index contributed by atoms with van der Waals surface area (Å²) in [4.78, 5) is 29.1. The van der Waals surface area contributed by atoms with Gasteiger partial charge in [-0.3, -0.25) is 9.59 Å². The van der Waals surface area contributed by atoms with Crippen LogP contribution >= 0.6 is 11.8 Å². The van der Waals surface area contributed by atoms with Crippen LogP contribution in [0, 0.1) is 6.92 Å². The lowest BCUT2D eigenvalue weighted by molar-refractivity contribution is -0.115. The lowest BCUT2D eigenvalue weighted by Crippen LogP contribution is -2.12. The van der Waals surface area contributed by atoms with Crippen molar-refractivity contribution in [3.8, 4) is 5.88 Å². The van der Waals surface area contributed by atoms with Gasteiger partial charge in [-0.05, 0) is 19.1 Å². The Balaban J connectivity index is 1.81. The number of aromatic amines is 1. The molecule has 0 radical (unpaired) electrons. The van der Waals surface area contributed by atoms with E-state index in [9.17, 15) is 14.7 Å². The fourth-order valence-corrected chi connectivity index (χ4v) is 2.40. The van der Waals surface area contributed by atoms with E-state index in [0.29, 0.717) is 10.9 Å². The molecule has 0 aliphatic heterocycles. The Hall–Kier alpha value is -2.28. The van der Waals surface area contributed by atoms with Crippen LogP contribution in [0.5, 0.6) is 5.88 Å². The van der Waals surface area contributed by atoms with Crippen LogP contribution < -0.4 is 10.9 Å². The van der Waals surface area contributed by atoms with Crippen molar-refractivity contribution in [2.75, 3.05) is 11.1 Å². The molecule has 0 saturated carbocycles. The Morgan fingerprint density at radius 1 is 1.38 bits per heavy atom. The van der Waals surface area contributed by atoms with E-state index in [1.165, 1.54) is 11.8 Å². The smallest absolute Gasteiger partial charge is 0.255 e. The minimum atomic E-state index is -0.422. The van der Waals surface area contributed by atoms with Crippen LogP contribution in [0.4, 0.5) is 5.69 Å². The molecule has 0 bridgehead atoms. The second-order valence-electron chi connectivity index (χ2n) is 4.42. The highest BCUT2D eigenvalue weighted by Crippen LogP contribution is 2.15. The topological polar surface area (TPSA) is 95.1 Å². The van der Waals surface area contributed by atoms with Gasteiger partial charge in [0.2, 0.25) is 11.8 Å². The Bertz CT molecular complexity index is 683. The number of aromatic hydroxyl groups is 1. The molecule has 0 aliphatic rings. The van der Waals surface area contributed by atoms with Crippen molar-refractivity contribution >= 4 is 23.4 Å². The summed E-state index contributed by atoms with van der Waals surface area (Å²) in [5.74, 6) is 0.00332. The van der Waals surface area contributed by atoms with Crippen LogP contribution in [0.3, 0.4) is 0 Å². The molecule has 0 aliphatic carbocycles. The van der Waals surface area contributed by atoms with Gasteiger partial charge in [-0.1, -0.05) is 29.5 Å². The van der Waals surface area contributed by atoms with E-state index in [4.69, 9.17) is 0 Å². The van der Waals surface area contributed by atoms with Gasteiger partial charge in [0.1, 0.15) is 0 Å². The summed E-state index contributed by atoms with van der Waals surface area (Å²) >= 11 is 1.20. The zero-order valence-corrected chi connectivity index (χ0v) is 12.2. The summed E-state index contributed by atoms with van der Waals surface area (Å²) in [7, 11) is 0. The largest absolute Gasteiger partial charge is 0.493 e. The maximum absolute atomic E-state index is 11.8. The van der Waals surface area contributed by atoms with Gasteiger partial charge in [0, 0.05) is 17.9 Å². The van der Waals surface area contributed by atoms with Gasteiger partial charge in [-0.25, -0.2) is 0 Å². The van der Waals surface area contributed by atoms with Gasteiger partial charge < -0.3 is 15.4 Å². The highest BCUT2D eigenvalue weighted by molar-refractivity contribution is 7.99. The predicted octanol–water partition coefficient (Wildman–Crippen LogP) is 1.90. The quantitative estimate of drug-likeness (QED) is 0.579. The van der Waals surface area contributed by atoms with Crippen LogP contribution in [-0.2, 0) is 4.79 Å². The van der Waals surface area contributed by atoms with Crippen LogP contribution in [0.1, 0.15) is 12.0 Å². The minimum absolute atomic E-state index is 0.117. The Morgan fingerprint density at radius 2 is 2.10 bits per heavy atom. The standard InChI is InChI=1S/C14H15N3O3S/c1-9-2-4-10(5-3-9)15-11(18)6-7-21-14-16-12(19)8-13(20)17-14/h2-5,8H,6-7H2,1H3,(H,15,18)(H2,16,17,19,20). The SMILES string of the molecule is Cc1ccc(NC(=O)CCSc2nc(O)cc(=O)[nH]2)cc1. The van der Waals surface area contributed by atoms with Crippen molar-refractivity contribution in [3.63, 3.8) is 0 Å². The third-order valence-electron chi connectivity index (χ3n) is 2.61. The summed E-state index contributed by atoms with van der Waals surface area (Å²) in [5.41, 5.74) is 1.45. The first-order chi connectivity index (χ1) is 10.0. The van der Waals surface area contributed by atoms with Gasteiger partial charge in [0.25, 0.3) is 5.56 Å². The van der Waals surface area contributed by atoms with E-state index in [2.05, 4.69) is 15.3 Å². The summed E-state index contributed by atoms with van der Waals surface area (Å²) in [6, 6.07) is 8.52. The third-order valence-corrected chi connectivity index (χ3v) is 3.48. The molecule has 1 amide bonds. The summed E-state index contributed by atoms with van der Waals surface area (Å²) in [6.07, 6.45) is 0.276. The third kappa shape index (κ3) is 4.96. The number of carbonyl (C=O) groups excluding carboxylic acids is 1. The summed E-state index contributed by atoms with van der Waals surface area (Å²) in [6.45, 7) is 1.98. The van der Waals surface area contributed by atoms with Crippen molar-refractivity contribution < 1.29 is 9.90 Å². The first-order valence-corrected chi connectivity index (χ1v) is 7.31. The molecule has 0 spiro atoms. The van der Waals surface area contributed by atoms with E-state index < -0.39 is 5.56 Å². The zero-order chi connectivity index (χ0) is 15.2. The molecule has 0 saturated heterocycles. The first kappa shape index (κ1) is 15.1. The van der Waals surface area contributed by atoms with Crippen LogP contribution in [-0.4, -0.2) is 26.7 Å². The number of anilines is 1. The minimum Gasteiger partial charge on any atom is -0.493 e. The van der Waals surface area contributed by atoms with E-state index in [-0.39, 0.29) is 18.2 Å². The molecule has 2 rings (SSSR count). The number of hydrogen-bond donors (Lipinski definition) is 3. The Morgan fingerprint density at radius 3 is 2.76 bits per heavy atom.